The van der Waals surface area contributed by atoms with Crippen LogP contribution in [0.15, 0.2) is 21.7 Å². The monoisotopic (exact) mass is 537 g/mol. The summed E-state index contributed by atoms with van der Waals surface area (Å²) in [5.74, 6) is 0. The topological polar surface area (TPSA) is 256 Å². The lowest BCUT2D eigenvalue weighted by Crippen LogP contribution is -2.51. The molecule has 2 heterocycles. The van der Waals surface area contributed by atoms with E-state index in [2.05, 4.69) is 18.8 Å². The highest BCUT2D eigenvalue weighted by atomic mass is 31.3. The molecular formula is C17H23N4O12P2+. The molecule has 35 heavy (non-hydrogen) atoms. The predicted molar refractivity (Wildman–Crippen MR) is 117 cm³/mol. The summed E-state index contributed by atoms with van der Waals surface area (Å²) in [4.78, 5) is 59.4. The number of aromatic amines is 2. The number of nitrogens with zero attached hydrogens (tertiary/aromatic N) is 2. The van der Waals surface area contributed by atoms with Gasteiger partial charge in [-0.2, -0.15) is 9.29 Å². The summed E-state index contributed by atoms with van der Waals surface area (Å²) < 4.78 is 31.3. The maximum absolute atomic E-state index is 12.3. The highest BCUT2D eigenvalue weighted by molar-refractivity contribution is 7.60. The number of H-pyrrole nitrogens is 2. The Morgan fingerprint density at radius 1 is 1.03 bits per heavy atom. The SMILES string of the molecule is Cc1cc2nc3c(=O)[nH]c(=O)[nH]c3[n+](C[C@H](O)[C@H](O)[C@H](O)COP(=O)(O)OP(=O)(O)O)c2cc1C. The molecular weight excluding hydrogens is 514 g/mol. The lowest BCUT2D eigenvalue weighted by atomic mass is 10.1. The number of benzene rings is 1. The number of aryl methyl sites for hydroxylation is 2. The van der Waals surface area contributed by atoms with Gasteiger partial charge in [-0.15, -0.1) is 0 Å². The third-order valence-corrected chi connectivity index (χ3v) is 7.21. The number of fused-ring (bicyclic) bond motifs is 2. The summed E-state index contributed by atoms with van der Waals surface area (Å²) in [6, 6.07) is 3.35. The largest absolute Gasteiger partial charge is 0.481 e. The Hall–Kier alpha value is -2.36. The fraction of sp³-hybridized carbons (Fsp3) is 0.412. The first kappa shape index (κ1) is 27.2. The van der Waals surface area contributed by atoms with Gasteiger partial charge in [-0.25, -0.2) is 23.5 Å². The quantitative estimate of drug-likeness (QED) is 0.0834. The van der Waals surface area contributed by atoms with E-state index in [4.69, 9.17) is 9.79 Å². The van der Waals surface area contributed by atoms with Crippen LogP contribution >= 0.6 is 15.6 Å². The van der Waals surface area contributed by atoms with Gasteiger partial charge in [0.1, 0.15) is 30.4 Å². The van der Waals surface area contributed by atoms with Gasteiger partial charge in [0.15, 0.2) is 5.52 Å². The summed E-state index contributed by atoms with van der Waals surface area (Å²) in [6.45, 7) is 1.96. The molecule has 0 amide bonds. The first-order chi connectivity index (χ1) is 16.1. The molecule has 16 nitrogen and oxygen atoms in total. The Kier molecular flexibility index (Phi) is 7.74. The number of phosphoric acid groups is 2. The van der Waals surface area contributed by atoms with Crippen molar-refractivity contribution in [1.82, 2.24) is 15.0 Å². The van der Waals surface area contributed by atoms with Crippen molar-refractivity contribution in [2.75, 3.05) is 6.61 Å². The minimum Gasteiger partial charge on any atom is -0.388 e. The molecule has 3 rings (SSSR count). The van der Waals surface area contributed by atoms with Crippen molar-refractivity contribution in [1.29, 1.82) is 0 Å². The van der Waals surface area contributed by atoms with E-state index >= 15 is 0 Å². The number of hydrogen-bond donors (Lipinski definition) is 8. The lowest BCUT2D eigenvalue weighted by molar-refractivity contribution is -0.657. The zero-order valence-electron chi connectivity index (χ0n) is 18.2. The Morgan fingerprint density at radius 2 is 1.66 bits per heavy atom. The van der Waals surface area contributed by atoms with Crippen LogP contribution in [0.4, 0.5) is 0 Å². The number of nitrogens with one attached hydrogen (secondary N) is 2. The third kappa shape index (κ3) is 6.45. The van der Waals surface area contributed by atoms with Crippen molar-refractivity contribution in [2.24, 2.45) is 0 Å². The van der Waals surface area contributed by atoms with E-state index < -0.39 is 58.4 Å². The first-order valence-corrected chi connectivity index (χ1v) is 12.9. The Labute approximate surface area is 195 Å². The second-order valence-electron chi connectivity index (χ2n) is 7.71. The molecule has 8 N–H and O–H groups in total. The summed E-state index contributed by atoms with van der Waals surface area (Å²) in [6.07, 6.45) is -5.83. The van der Waals surface area contributed by atoms with Crippen LogP contribution in [-0.2, 0) is 24.5 Å². The molecule has 0 saturated carbocycles. The second kappa shape index (κ2) is 9.95. The molecule has 0 saturated heterocycles. The van der Waals surface area contributed by atoms with Gasteiger partial charge in [0.25, 0.3) is 5.56 Å². The number of hydrogen-bond acceptors (Lipinski definition) is 10. The highest BCUT2D eigenvalue weighted by Gasteiger charge is 2.35. The molecule has 0 aliphatic heterocycles. The molecule has 0 fully saturated rings. The van der Waals surface area contributed by atoms with Crippen molar-refractivity contribution in [3.05, 3.63) is 44.1 Å². The van der Waals surface area contributed by atoms with Crippen LogP contribution in [0.25, 0.3) is 22.2 Å². The number of aromatic nitrogens is 4. The molecule has 192 valence electrons. The van der Waals surface area contributed by atoms with Gasteiger partial charge in [0.05, 0.1) is 6.61 Å². The van der Waals surface area contributed by atoms with E-state index in [0.717, 1.165) is 11.1 Å². The summed E-state index contributed by atoms with van der Waals surface area (Å²) in [5, 5.41) is 31.0. The van der Waals surface area contributed by atoms with Gasteiger partial charge in [0.2, 0.25) is 5.52 Å². The van der Waals surface area contributed by atoms with Gasteiger partial charge in [0, 0.05) is 0 Å². The lowest BCUT2D eigenvalue weighted by Gasteiger charge is -2.23. The van der Waals surface area contributed by atoms with Crippen molar-refractivity contribution >= 4 is 37.8 Å². The molecule has 1 aromatic carbocycles. The van der Waals surface area contributed by atoms with E-state index in [9.17, 15) is 38.9 Å². The molecule has 0 spiro atoms. The van der Waals surface area contributed by atoms with Crippen molar-refractivity contribution in [2.45, 2.75) is 38.7 Å². The molecule has 3 aromatic rings. The van der Waals surface area contributed by atoms with E-state index in [0.29, 0.717) is 11.0 Å². The van der Waals surface area contributed by atoms with Crippen LogP contribution in [-0.4, -0.2) is 69.9 Å². The van der Waals surface area contributed by atoms with Crippen LogP contribution in [0.1, 0.15) is 11.1 Å². The predicted octanol–water partition coefficient (Wildman–Crippen LogP) is -2.02. The molecule has 0 aliphatic carbocycles. The average Bonchev–Trinajstić information content (AvgIpc) is 2.71. The summed E-state index contributed by atoms with van der Waals surface area (Å²) in [5.41, 5.74) is 0.456. The zero-order chi connectivity index (χ0) is 26.3. The van der Waals surface area contributed by atoms with E-state index in [1.165, 1.54) is 4.57 Å². The normalized spacial score (nSPS) is 16.8. The highest BCUT2D eigenvalue weighted by Crippen LogP contribution is 2.57. The fourth-order valence-electron chi connectivity index (χ4n) is 3.27. The smallest absolute Gasteiger partial charge is 0.388 e. The Bertz CT molecular complexity index is 1480. The van der Waals surface area contributed by atoms with Crippen LogP contribution in [0.3, 0.4) is 0 Å². The van der Waals surface area contributed by atoms with Gasteiger partial charge in [-0.05, 0) is 37.1 Å². The van der Waals surface area contributed by atoms with Crippen molar-refractivity contribution < 1.29 is 52.5 Å². The molecule has 0 aliphatic rings. The maximum Gasteiger partial charge on any atom is 0.481 e. The molecule has 0 radical (unpaired) electrons. The van der Waals surface area contributed by atoms with Gasteiger partial charge in [-0.1, -0.05) is 0 Å². The van der Waals surface area contributed by atoms with Gasteiger partial charge in [-0.3, -0.25) is 14.3 Å². The van der Waals surface area contributed by atoms with Crippen LogP contribution < -0.4 is 15.8 Å². The van der Waals surface area contributed by atoms with Crippen LogP contribution in [0.2, 0.25) is 0 Å². The average molecular weight is 537 g/mol. The third-order valence-electron chi connectivity index (χ3n) is 5.06. The van der Waals surface area contributed by atoms with Crippen LogP contribution in [0.5, 0.6) is 0 Å². The Morgan fingerprint density at radius 3 is 2.29 bits per heavy atom. The molecule has 4 atom stereocenters. The van der Waals surface area contributed by atoms with Crippen molar-refractivity contribution in [3.63, 3.8) is 0 Å². The molecule has 1 unspecified atom stereocenters. The zero-order valence-corrected chi connectivity index (χ0v) is 20.0. The number of aliphatic hydroxyl groups is 3. The maximum atomic E-state index is 12.3. The van der Waals surface area contributed by atoms with Gasteiger partial charge >= 0.3 is 27.0 Å². The Balaban J connectivity index is 1.94. The number of phosphoric ester groups is 1. The van der Waals surface area contributed by atoms with Gasteiger partial charge < -0.3 is 30.0 Å². The summed E-state index contributed by atoms with van der Waals surface area (Å²) in [7, 11) is -10.7. The number of aliphatic hydroxyl groups excluding tert-OH is 3. The first-order valence-electron chi connectivity index (χ1n) is 9.83. The van der Waals surface area contributed by atoms with Crippen LogP contribution in [0, 0.1) is 13.8 Å². The molecule has 2 aromatic heterocycles. The molecule has 18 heteroatoms. The van der Waals surface area contributed by atoms with E-state index in [1.807, 2.05) is 11.9 Å². The summed E-state index contributed by atoms with van der Waals surface area (Å²) >= 11 is 0. The minimum atomic E-state index is -5.40. The second-order valence-corrected chi connectivity index (χ2v) is 10.5. The fourth-order valence-corrected chi connectivity index (χ4v) is 4.87. The van der Waals surface area contributed by atoms with E-state index in [1.54, 1.807) is 19.1 Å². The molecule has 0 bridgehead atoms. The van der Waals surface area contributed by atoms with Crippen molar-refractivity contribution in [3.8, 4) is 0 Å². The standard InChI is InChI=1S/C17H22N4O12P2/c1-7-3-9-10(4-8(7)2)21(15-13(18-9)16(25)20-17(26)19-15)5-11(22)14(24)12(23)6-32-35(30,31)33-34(27,28)29/h3-4,11-12,14,22-24H,5-6H2,1-2H3,(H4,20,25,26,27,28,29,30,31)/p+1/t11-,12+,14-/m0/s1. The minimum absolute atomic E-state index is 0.0820. The number of rotatable bonds is 9. The van der Waals surface area contributed by atoms with E-state index in [-0.39, 0.29) is 11.2 Å².